The van der Waals surface area contributed by atoms with Crippen molar-refractivity contribution in [3.8, 4) is 0 Å². The predicted octanol–water partition coefficient (Wildman–Crippen LogP) is 5.09. The van der Waals surface area contributed by atoms with Crippen LogP contribution in [0.3, 0.4) is 0 Å². The third-order valence-corrected chi connectivity index (χ3v) is 11.2. The number of esters is 1. The molecule has 2 aromatic rings. The molecule has 10 nitrogen and oxygen atoms in total. The van der Waals surface area contributed by atoms with E-state index < -0.39 is 72.2 Å². The molecule has 3 fully saturated rings. The first-order chi connectivity index (χ1) is 23.4. The summed E-state index contributed by atoms with van der Waals surface area (Å²) in [5, 5.41) is 10.8. The van der Waals surface area contributed by atoms with Crippen LogP contribution in [0, 0.1) is 11.8 Å². The van der Waals surface area contributed by atoms with Crippen LogP contribution in [0.1, 0.15) is 44.8 Å². The minimum atomic E-state index is -1.38. The minimum absolute atomic E-state index is 0.127. The van der Waals surface area contributed by atoms with E-state index in [1.165, 1.54) is 9.80 Å². The fraction of sp³-hybridized carbons (Fsp3) is 0.459. The summed E-state index contributed by atoms with van der Waals surface area (Å²) in [5.74, 6) is -3.77. The van der Waals surface area contributed by atoms with Crippen LogP contribution in [0.15, 0.2) is 79.9 Å². The quantitative estimate of drug-likeness (QED) is 0.162. The van der Waals surface area contributed by atoms with Crippen molar-refractivity contribution in [3.63, 3.8) is 0 Å². The van der Waals surface area contributed by atoms with Crippen molar-refractivity contribution < 1.29 is 33.8 Å². The number of likely N-dealkylation sites (tertiary alicyclic amines) is 1. The number of nitrogens with zero attached hydrogens (tertiary/aromatic N) is 3. The molecule has 3 heterocycles. The molecule has 5 rings (SSSR count). The highest BCUT2D eigenvalue weighted by molar-refractivity contribution is 9.09. The van der Waals surface area contributed by atoms with Crippen molar-refractivity contribution in [3.05, 3.63) is 90.5 Å². The lowest BCUT2D eigenvalue weighted by Gasteiger charge is -2.38. The number of carbonyl (C=O) groups excluding carboxylic acids is 4. The molecule has 1 spiro atoms. The van der Waals surface area contributed by atoms with E-state index in [2.05, 4.69) is 29.1 Å². The average molecular weight is 757 g/mol. The Morgan fingerprint density at radius 2 is 1.82 bits per heavy atom. The average Bonchev–Trinajstić information content (AvgIpc) is 3.71. The molecule has 0 aromatic heterocycles. The number of amides is 3. The topological polar surface area (TPSA) is 117 Å². The monoisotopic (exact) mass is 755 g/mol. The number of likely N-dealkylation sites (N-methyl/N-ethyl adjacent to an activating group) is 1. The largest absolute Gasteiger partial charge is 0.455 e. The molecule has 9 atom stereocenters. The maximum absolute atomic E-state index is 14.7. The SMILES string of the molecule is C=CCCC(=O)N(C)[C@H](C)[C@H](OC(=O)[C@@H]1[C@H]2O[C@@]3(CC2Br)[C@H](C(=O)N(CC=C)c2ccc(Cl)cc2)N([C@H](C)CO)C(=O)[C@@H]13)c1ccccc1. The van der Waals surface area contributed by atoms with Gasteiger partial charge in [-0.1, -0.05) is 70.0 Å². The van der Waals surface area contributed by atoms with Crippen LogP contribution in [0.5, 0.6) is 0 Å². The first-order valence-corrected chi connectivity index (χ1v) is 17.8. The molecule has 0 aliphatic carbocycles. The molecule has 1 unspecified atom stereocenters. The Morgan fingerprint density at radius 1 is 1.14 bits per heavy atom. The van der Waals surface area contributed by atoms with E-state index in [-0.39, 0.29) is 30.1 Å². The Hall–Kier alpha value is -3.51. The van der Waals surface area contributed by atoms with Crippen LogP contribution in [0.4, 0.5) is 5.69 Å². The normalized spacial score (nSPS) is 27.2. The molecule has 3 aliphatic heterocycles. The van der Waals surface area contributed by atoms with Gasteiger partial charge in [0.15, 0.2) is 0 Å². The molecule has 12 heteroatoms. The van der Waals surface area contributed by atoms with Crippen molar-refractivity contribution >= 4 is 56.9 Å². The number of fused-ring (bicyclic) bond motifs is 1. The number of aliphatic hydroxyl groups is 1. The van der Waals surface area contributed by atoms with Gasteiger partial charge in [-0.2, -0.15) is 0 Å². The molecule has 0 saturated carbocycles. The van der Waals surface area contributed by atoms with Crippen LogP contribution in [-0.2, 0) is 28.7 Å². The Bertz CT molecular complexity index is 1580. The zero-order valence-electron chi connectivity index (χ0n) is 27.9. The summed E-state index contributed by atoms with van der Waals surface area (Å²) in [4.78, 5) is 60.7. The first-order valence-electron chi connectivity index (χ1n) is 16.5. The van der Waals surface area contributed by atoms with E-state index in [1.54, 1.807) is 55.3 Å². The van der Waals surface area contributed by atoms with Gasteiger partial charge in [-0.15, -0.1) is 13.2 Å². The molecule has 2 bridgehead atoms. The Labute approximate surface area is 300 Å². The summed E-state index contributed by atoms with van der Waals surface area (Å²) < 4.78 is 13.0. The Morgan fingerprint density at radius 3 is 2.43 bits per heavy atom. The highest BCUT2D eigenvalue weighted by atomic mass is 79.9. The number of ether oxygens (including phenoxy) is 2. The number of allylic oxidation sites excluding steroid dienone is 1. The number of rotatable bonds is 14. The molecular formula is C37H43BrClN3O7. The highest BCUT2D eigenvalue weighted by Gasteiger charge is 2.77. The standard InChI is InChI=1S/C37H43BrClN3O7/c1-6-8-14-28(44)40(5)23(4)31(24-12-10-9-11-13-24)48-36(47)29-30-34(45)42(22(3)21-43)33(37(30)20-27(38)32(29)49-37)35(46)41(19-7-2)26-17-15-25(39)16-18-26/h6-7,9-13,15-18,22-23,27,29-33,43H,1-2,8,14,19-21H2,3-5H3/t22-,23-,27?,29+,30-,31+,32+,33+,37-/m1/s1. The minimum Gasteiger partial charge on any atom is -0.455 e. The molecule has 0 radical (unpaired) electrons. The number of aliphatic hydroxyl groups excluding tert-OH is 1. The number of anilines is 1. The van der Waals surface area contributed by atoms with Gasteiger partial charge in [0.25, 0.3) is 5.91 Å². The smallest absolute Gasteiger partial charge is 0.313 e. The fourth-order valence-corrected chi connectivity index (χ4v) is 8.59. The lowest BCUT2D eigenvalue weighted by atomic mass is 9.70. The highest BCUT2D eigenvalue weighted by Crippen LogP contribution is 2.61. The molecule has 1 N–H and O–H groups in total. The summed E-state index contributed by atoms with van der Waals surface area (Å²) in [6, 6.07) is 13.5. The summed E-state index contributed by atoms with van der Waals surface area (Å²) in [7, 11) is 1.67. The van der Waals surface area contributed by atoms with Crippen LogP contribution < -0.4 is 4.90 Å². The van der Waals surface area contributed by atoms with E-state index in [0.717, 1.165) is 0 Å². The second-order valence-corrected chi connectivity index (χ2v) is 14.6. The zero-order valence-corrected chi connectivity index (χ0v) is 30.3. The second-order valence-electron chi connectivity index (χ2n) is 13.0. The van der Waals surface area contributed by atoms with E-state index >= 15 is 0 Å². The van der Waals surface area contributed by atoms with Crippen molar-refractivity contribution in [2.24, 2.45) is 11.8 Å². The van der Waals surface area contributed by atoms with E-state index in [1.807, 2.05) is 37.3 Å². The summed E-state index contributed by atoms with van der Waals surface area (Å²) >= 11 is 9.84. The third-order valence-electron chi connectivity index (χ3n) is 10.1. The molecule has 3 saturated heterocycles. The van der Waals surface area contributed by atoms with Crippen molar-refractivity contribution in [2.75, 3.05) is 25.1 Å². The molecule has 3 aliphatic rings. The van der Waals surface area contributed by atoms with E-state index in [4.69, 9.17) is 21.1 Å². The predicted molar refractivity (Wildman–Crippen MR) is 190 cm³/mol. The summed E-state index contributed by atoms with van der Waals surface area (Å²) in [6.07, 6.45) is 2.70. The van der Waals surface area contributed by atoms with Crippen LogP contribution in [0.2, 0.25) is 5.02 Å². The molecule has 49 heavy (non-hydrogen) atoms. The molecule has 2 aromatic carbocycles. The van der Waals surface area contributed by atoms with Crippen molar-refractivity contribution in [1.82, 2.24) is 9.80 Å². The van der Waals surface area contributed by atoms with Gasteiger partial charge in [0, 0.05) is 35.6 Å². The van der Waals surface area contributed by atoms with Gasteiger partial charge in [0.05, 0.1) is 36.6 Å². The van der Waals surface area contributed by atoms with Crippen molar-refractivity contribution in [2.45, 2.75) is 73.9 Å². The number of hydrogen-bond acceptors (Lipinski definition) is 7. The van der Waals surface area contributed by atoms with E-state index in [9.17, 15) is 24.3 Å². The van der Waals surface area contributed by atoms with Gasteiger partial charge in [-0.25, -0.2) is 0 Å². The maximum Gasteiger partial charge on any atom is 0.313 e. The van der Waals surface area contributed by atoms with Crippen LogP contribution in [-0.4, -0.2) is 93.5 Å². The fourth-order valence-electron chi connectivity index (χ4n) is 7.52. The third kappa shape index (κ3) is 6.70. The van der Waals surface area contributed by atoms with Gasteiger partial charge in [-0.3, -0.25) is 19.2 Å². The number of hydrogen-bond donors (Lipinski definition) is 1. The molecular weight excluding hydrogens is 714 g/mol. The zero-order chi connectivity index (χ0) is 35.6. The number of carbonyl (C=O) groups is 4. The van der Waals surface area contributed by atoms with Gasteiger partial charge in [0.1, 0.15) is 17.7 Å². The Balaban J connectivity index is 1.52. The summed E-state index contributed by atoms with van der Waals surface area (Å²) in [6.45, 7) is 10.7. The molecule has 3 amide bonds. The van der Waals surface area contributed by atoms with Crippen LogP contribution >= 0.6 is 27.5 Å². The van der Waals surface area contributed by atoms with Crippen LogP contribution in [0.25, 0.3) is 0 Å². The van der Waals surface area contributed by atoms with Gasteiger partial charge < -0.3 is 29.3 Å². The molecule has 262 valence electrons. The lowest BCUT2D eigenvalue weighted by Crippen LogP contribution is -2.58. The summed E-state index contributed by atoms with van der Waals surface area (Å²) in [5.41, 5.74) is -0.147. The van der Waals surface area contributed by atoms with Gasteiger partial charge in [0.2, 0.25) is 11.8 Å². The number of benzene rings is 2. The Kier molecular flexibility index (Phi) is 11.4. The maximum atomic E-state index is 14.7. The second kappa shape index (κ2) is 15.2. The lowest BCUT2D eigenvalue weighted by molar-refractivity contribution is -0.165. The van der Waals surface area contributed by atoms with Gasteiger partial charge in [-0.05, 0) is 56.5 Å². The number of halogens is 2. The van der Waals surface area contributed by atoms with Crippen molar-refractivity contribution in [1.29, 1.82) is 0 Å². The van der Waals surface area contributed by atoms with Gasteiger partial charge >= 0.3 is 5.97 Å². The first kappa shape index (κ1) is 36.8. The number of alkyl halides is 1. The van der Waals surface area contributed by atoms with E-state index in [0.29, 0.717) is 22.7 Å².